The van der Waals surface area contributed by atoms with Crippen molar-refractivity contribution in [1.82, 2.24) is 4.98 Å². The third-order valence-corrected chi connectivity index (χ3v) is 10.9. The van der Waals surface area contributed by atoms with Gasteiger partial charge in [0.05, 0.1) is 10.8 Å². The Morgan fingerprint density at radius 1 is 0.673 bits per heavy atom. The molecule has 0 fully saturated rings. The van der Waals surface area contributed by atoms with Crippen molar-refractivity contribution in [1.29, 1.82) is 0 Å². The minimum Gasteiger partial charge on any atom is -0.347 e. The molecule has 240 valence electrons. The van der Waals surface area contributed by atoms with Gasteiger partial charge >= 0.3 is 0 Å². The average Bonchev–Trinajstić information content (AvgIpc) is 3.49. The molecule has 1 unspecified atom stereocenters. The van der Waals surface area contributed by atoms with E-state index in [9.17, 15) is 0 Å². The Labute approximate surface area is 290 Å². The van der Waals surface area contributed by atoms with Crippen LogP contribution in [0.3, 0.4) is 0 Å². The van der Waals surface area contributed by atoms with Crippen LogP contribution in [0, 0.1) is 0 Å². The molecule has 8 rings (SSSR count). The maximum atomic E-state index is 4.78. The molecular weight excluding hydrogens is 595 g/mol. The first-order valence-electron chi connectivity index (χ1n) is 17.3. The Morgan fingerprint density at radius 2 is 1.33 bits per heavy atom. The van der Waals surface area contributed by atoms with Crippen LogP contribution in [-0.2, 0) is 30.1 Å². The summed E-state index contributed by atoms with van der Waals surface area (Å²) in [6.45, 7) is 2.39. The number of pyridine rings is 1. The highest BCUT2D eigenvalue weighted by Crippen LogP contribution is 2.51. The van der Waals surface area contributed by atoms with Gasteiger partial charge in [-0.1, -0.05) is 121 Å². The number of hydrogen-bond donors (Lipinski definition) is 0. The van der Waals surface area contributed by atoms with Crippen LogP contribution in [-0.4, -0.2) is 29.4 Å². The topological polar surface area (TPSA) is 19.1 Å². The van der Waals surface area contributed by atoms with Crippen molar-refractivity contribution in [2.45, 2.75) is 37.0 Å². The lowest BCUT2D eigenvalue weighted by atomic mass is 9.70. The van der Waals surface area contributed by atoms with Gasteiger partial charge in [-0.3, -0.25) is 4.98 Å². The van der Waals surface area contributed by atoms with Gasteiger partial charge in [0.1, 0.15) is 7.05 Å². The van der Waals surface area contributed by atoms with Crippen LogP contribution >= 0.6 is 0 Å². The molecule has 1 atom stereocenters. The molecule has 1 aromatic heterocycles. The monoisotopic (exact) mass is 636 g/mol. The van der Waals surface area contributed by atoms with Crippen LogP contribution in [0.4, 0.5) is 11.4 Å². The van der Waals surface area contributed by atoms with E-state index in [-0.39, 0.29) is 10.8 Å². The molecule has 3 heterocycles. The second-order valence-electron chi connectivity index (χ2n) is 13.9. The first-order chi connectivity index (χ1) is 24.0. The minimum atomic E-state index is -0.257. The van der Waals surface area contributed by atoms with Crippen molar-refractivity contribution in [2.75, 3.05) is 19.0 Å². The minimum absolute atomic E-state index is 0.235. The standard InChI is InChI=1S/C46H42N3/c1-45(33-37-22-14-15-30-47-37)40-29-28-36-21-10-11-23-38(36)44(40)49(3)42(45)26-16-27-43-46(31-34-17-6-4-7-18-34,32-35-19-8-5-9-20-35)39-24-12-13-25-41(39)48(43)2/h4-30H,31-33H2,1-3H3/q+1. The number of fused-ring (bicyclic) bond motifs is 4. The van der Waals surface area contributed by atoms with E-state index in [0.29, 0.717) is 0 Å². The number of benzene rings is 5. The quantitative estimate of drug-likeness (QED) is 0.155. The Balaban J connectivity index is 1.28. The van der Waals surface area contributed by atoms with E-state index in [1.807, 2.05) is 12.3 Å². The average molecular weight is 637 g/mol. The fourth-order valence-corrected chi connectivity index (χ4v) is 8.62. The van der Waals surface area contributed by atoms with Crippen molar-refractivity contribution in [2.24, 2.45) is 0 Å². The zero-order valence-corrected chi connectivity index (χ0v) is 28.6. The Morgan fingerprint density at radius 3 is 2.04 bits per heavy atom. The summed E-state index contributed by atoms with van der Waals surface area (Å²) in [5.41, 5.74) is 11.2. The molecule has 2 aliphatic heterocycles. The van der Waals surface area contributed by atoms with Gasteiger partial charge in [-0.05, 0) is 72.2 Å². The molecule has 6 aromatic rings. The van der Waals surface area contributed by atoms with Gasteiger partial charge in [-0.2, -0.15) is 4.58 Å². The van der Waals surface area contributed by atoms with Gasteiger partial charge < -0.3 is 4.90 Å². The molecule has 3 nitrogen and oxygen atoms in total. The highest BCUT2D eigenvalue weighted by molar-refractivity contribution is 6.07. The van der Waals surface area contributed by atoms with Crippen LogP contribution in [0.15, 0.2) is 170 Å². The van der Waals surface area contributed by atoms with Crippen molar-refractivity contribution in [3.05, 3.63) is 198 Å². The van der Waals surface area contributed by atoms with Gasteiger partial charge in [-0.25, -0.2) is 0 Å². The predicted octanol–water partition coefficient (Wildman–Crippen LogP) is 9.78. The third kappa shape index (κ3) is 5.31. The number of likely N-dealkylation sites (N-methyl/N-ethyl adjacent to an activating group) is 1. The van der Waals surface area contributed by atoms with Crippen LogP contribution in [0.5, 0.6) is 0 Å². The number of para-hydroxylation sites is 1. The van der Waals surface area contributed by atoms with Crippen LogP contribution in [0.2, 0.25) is 0 Å². The molecule has 0 saturated heterocycles. The van der Waals surface area contributed by atoms with Crippen molar-refractivity contribution < 1.29 is 4.58 Å². The van der Waals surface area contributed by atoms with Gasteiger partial charge in [0, 0.05) is 53.8 Å². The van der Waals surface area contributed by atoms with Crippen molar-refractivity contribution in [3.8, 4) is 0 Å². The molecule has 3 heteroatoms. The molecule has 49 heavy (non-hydrogen) atoms. The van der Waals surface area contributed by atoms with Gasteiger partial charge in [-0.15, -0.1) is 0 Å². The van der Waals surface area contributed by atoms with E-state index in [1.165, 1.54) is 55.8 Å². The van der Waals surface area contributed by atoms with Gasteiger partial charge in [0.25, 0.3) is 0 Å². The van der Waals surface area contributed by atoms with Gasteiger partial charge in [0.2, 0.25) is 5.69 Å². The molecule has 2 aliphatic rings. The number of nitrogens with zero attached hydrogens (tertiary/aromatic N) is 3. The zero-order valence-electron chi connectivity index (χ0n) is 28.6. The lowest BCUT2D eigenvalue weighted by molar-refractivity contribution is -0.399. The van der Waals surface area contributed by atoms with Crippen LogP contribution < -0.4 is 4.90 Å². The third-order valence-electron chi connectivity index (χ3n) is 10.9. The summed E-state index contributed by atoms with van der Waals surface area (Å²) in [5, 5.41) is 2.55. The van der Waals surface area contributed by atoms with Crippen LogP contribution in [0.25, 0.3) is 10.8 Å². The number of rotatable bonds is 8. The number of aromatic nitrogens is 1. The largest absolute Gasteiger partial charge is 0.347 e. The highest BCUT2D eigenvalue weighted by Gasteiger charge is 2.48. The predicted molar refractivity (Wildman–Crippen MR) is 204 cm³/mol. The fraction of sp³-hybridized carbons (Fsp3) is 0.174. The molecule has 0 aliphatic carbocycles. The summed E-state index contributed by atoms with van der Waals surface area (Å²) in [5.74, 6) is 0. The molecule has 5 aromatic carbocycles. The highest BCUT2D eigenvalue weighted by atomic mass is 15.2. The van der Waals surface area contributed by atoms with Crippen LogP contribution in [0.1, 0.15) is 34.9 Å². The summed E-state index contributed by atoms with van der Waals surface area (Å²) in [6, 6.07) is 50.5. The van der Waals surface area contributed by atoms with Gasteiger partial charge in [0.15, 0.2) is 5.71 Å². The Kier molecular flexibility index (Phi) is 7.84. The first-order valence-corrected chi connectivity index (χ1v) is 17.3. The van der Waals surface area contributed by atoms with E-state index in [0.717, 1.165) is 25.0 Å². The van der Waals surface area contributed by atoms with E-state index < -0.39 is 0 Å². The molecule has 0 bridgehead atoms. The van der Waals surface area contributed by atoms with E-state index >= 15 is 0 Å². The number of hydrogen-bond acceptors (Lipinski definition) is 2. The van der Waals surface area contributed by atoms with E-state index in [1.54, 1.807) is 0 Å². The summed E-state index contributed by atoms with van der Waals surface area (Å²) >= 11 is 0. The molecule has 0 spiro atoms. The molecule has 0 radical (unpaired) electrons. The first kappa shape index (κ1) is 30.8. The van der Waals surface area contributed by atoms with Crippen molar-refractivity contribution >= 4 is 27.9 Å². The van der Waals surface area contributed by atoms with E-state index in [2.05, 4.69) is 182 Å². The summed E-state index contributed by atoms with van der Waals surface area (Å²) in [7, 11) is 4.46. The Hall–Kier alpha value is -5.54. The summed E-state index contributed by atoms with van der Waals surface area (Å²) in [4.78, 5) is 7.20. The number of allylic oxidation sites excluding steroid dienone is 4. The lowest BCUT2D eigenvalue weighted by Gasteiger charge is -2.33. The normalized spacial score (nSPS) is 18.8. The maximum Gasteiger partial charge on any atom is 0.217 e. The zero-order chi connectivity index (χ0) is 33.4. The molecule has 0 amide bonds. The molecule has 0 saturated carbocycles. The van der Waals surface area contributed by atoms with E-state index in [4.69, 9.17) is 4.98 Å². The second-order valence-corrected chi connectivity index (χ2v) is 13.9. The molecular formula is C46H42N3+. The second kappa shape index (κ2) is 12.5. The smallest absolute Gasteiger partial charge is 0.217 e. The molecule has 0 N–H and O–H groups in total. The summed E-state index contributed by atoms with van der Waals surface area (Å²) in [6.07, 6.45) is 11.6. The lowest BCUT2D eigenvalue weighted by Crippen LogP contribution is -2.35. The number of anilines is 1. The summed E-state index contributed by atoms with van der Waals surface area (Å²) < 4.78 is 2.42. The maximum absolute atomic E-state index is 4.78. The Bertz CT molecular complexity index is 2190. The fourth-order valence-electron chi connectivity index (χ4n) is 8.62. The van der Waals surface area contributed by atoms with Crippen molar-refractivity contribution in [3.63, 3.8) is 0 Å². The SMILES string of the molecule is CN1/C(=C/C=C/C2=[N+](C)c3c(ccc4ccccc34)C2(C)Cc2ccccn2)C(Cc2ccccc2)(Cc2ccccc2)c2ccccc21.